The lowest BCUT2D eigenvalue weighted by molar-refractivity contribution is 0.585. The molecule has 0 atom stereocenters. The van der Waals surface area contributed by atoms with E-state index in [-0.39, 0.29) is 11.4 Å². The minimum Gasteiger partial charge on any atom is -0.311 e. The Morgan fingerprint density at radius 3 is 2.94 bits per heavy atom. The Bertz CT molecular complexity index is 614. The Balaban J connectivity index is 2.22. The van der Waals surface area contributed by atoms with Crippen molar-refractivity contribution in [2.45, 2.75) is 13.0 Å². The number of rotatable bonds is 1. The monoisotopic (exact) mass is 233 g/mol. The predicted octanol–water partition coefficient (Wildman–Crippen LogP) is 0.950. The first-order valence-electron chi connectivity index (χ1n) is 5.56. The molecule has 0 unspecified atom stereocenters. The minimum atomic E-state index is -0.341. The largest absolute Gasteiger partial charge is 0.311 e. The Morgan fingerprint density at radius 1 is 1.29 bits per heavy atom. The molecule has 0 saturated carbocycles. The van der Waals surface area contributed by atoms with Crippen LogP contribution in [-0.4, -0.2) is 16.3 Å². The van der Waals surface area contributed by atoms with Gasteiger partial charge in [-0.1, -0.05) is 12.1 Å². The van der Waals surface area contributed by atoms with Crippen molar-refractivity contribution in [3.05, 3.63) is 51.7 Å². The van der Waals surface area contributed by atoms with Crippen LogP contribution in [0.15, 0.2) is 29.1 Å². The van der Waals surface area contributed by atoms with Crippen LogP contribution >= 0.6 is 0 Å². The lowest BCUT2D eigenvalue weighted by atomic mass is 10.1. The van der Waals surface area contributed by atoms with E-state index in [4.69, 9.17) is 0 Å². The van der Waals surface area contributed by atoms with Crippen LogP contribution in [0.1, 0.15) is 11.3 Å². The van der Waals surface area contributed by atoms with Crippen LogP contribution in [0.3, 0.4) is 0 Å². The van der Waals surface area contributed by atoms with Gasteiger partial charge in [0.05, 0.1) is 11.4 Å². The average Bonchev–Trinajstić information content (AvgIpc) is 2.68. The second kappa shape index (κ2) is 3.85. The maximum absolute atomic E-state index is 13.7. The van der Waals surface area contributed by atoms with Gasteiger partial charge in [-0.05, 0) is 25.1 Å². The van der Waals surface area contributed by atoms with Gasteiger partial charge in [-0.2, -0.15) is 0 Å². The summed E-state index contributed by atoms with van der Waals surface area (Å²) in [6, 6.07) is 6.42. The number of para-hydroxylation sites is 1. The van der Waals surface area contributed by atoms with Crippen molar-refractivity contribution in [3.63, 3.8) is 0 Å². The Morgan fingerprint density at radius 2 is 2.12 bits per heavy atom. The van der Waals surface area contributed by atoms with E-state index in [1.807, 2.05) is 0 Å². The van der Waals surface area contributed by atoms with E-state index >= 15 is 0 Å². The normalized spacial score (nSPS) is 14.6. The third-order valence-electron chi connectivity index (χ3n) is 3.04. The molecular weight excluding hydrogens is 221 g/mol. The van der Waals surface area contributed by atoms with E-state index < -0.39 is 0 Å². The van der Waals surface area contributed by atoms with E-state index in [1.54, 1.807) is 22.9 Å². The highest BCUT2D eigenvalue weighted by molar-refractivity contribution is 5.37. The van der Waals surface area contributed by atoms with Crippen LogP contribution in [-0.2, 0) is 13.0 Å². The van der Waals surface area contributed by atoms with E-state index in [0.717, 1.165) is 17.8 Å². The SMILES string of the molecule is O=c1[nH]n(-c2ccccc2F)c2c1CCNC2. The van der Waals surface area contributed by atoms with E-state index in [2.05, 4.69) is 10.4 Å². The third-order valence-corrected chi connectivity index (χ3v) is 3.04. The van der Waals surface area contributed by atoms with Crippen molar-refractivity contribution in [2.75, 3.05) is 6.54 Å². The van der Waals surface area contributed by atoms with Gasteiger partial charge in [0.2, 0.25) is 0 Å². The van der Waals surface area contributed by atoms with Crippen LogP contribution in [0.2, 0.25) is 0 Å². The van der Waals surface area contributed by atoms with Gasteiger partial charge in [0.1, 0.15) is 5.82 Å². The summed E-state index contributed by atoms with van der Waals surface area (Å²) < 4.78 is 15.2. The van der Waals surface area contributed by atoms with Gasteiger partial charge in [0.15, 0.2) is 0 Å². The van der Waals surface area contributed by atoms with Crippen LogP contribution in [0.4, 0.5) is 4.39 Å². The zero-order valence-electron chi connectivity index (χ0n) is 9.16. The summed E-state index contributed by atoms with van der Waals surface area (Å²) in [4.78, 5) is 11.7. The number of hydrogen-bond donors (Lipinski definition) is 2. The Kier molecular flexibility index (Phi) is 2.33. The van der Waals surface area contributed by atoms with Crippen LogP contribution in [0, 0.1) is 5.82 Å². The zero-order valence-corrected chi connectivity index (χ0v) is 9.16. The molecule has 2 N–H and O–H groups in total. The predicted molar refractivity (Wildman–Crippen MR) is 61.8 cm³/mol. The molecule has 2 heterocycles. The molecule has 1 aromatic carbocycles. The van der Waals surface area contributed by atoms with Crippen molar-refractivity contribution in [1.29, 1.82) is 0 Å². The fraction of sp³-hybridized carbons (Fsp3) is 0.250. The second-order valence-electron chi connectivity index (χ2n) is 4.08. The molecule has 0 spiro atoms. The number of benzene rings is 1. The number of hydrogen-bond acceptors (Lipinski definition) is 2. The molecule has 0 bridgehead atoms. The molecule has 4 nitrogen and oxygen atoms in total. The average molecular weight is 233 g/mol. The van der Waals surface area contributed by atoms with Crippen molar-refractivity contribution in [2.24, 2.45) is 0 Å². The third kappa shape index (κ3) is 1.59. The number of aromatic nitrogens is 2. The molecule has 1 aromatic heterocycles. The van der Waals surface area contributed by atoms with Gasteiger partial charge in [0, 0.05) is 12.1 Å². The fourth-order valence-electron chi connectivity index (χ4n) is 2.20. The standard InChI is InChI=1S/C12H12FN3O/c13-9-3-1-2-4-10(9)16-11-7-14-6-5-8(11)12(17)15-16/h1-4,14H,5-7H2,(H,15,17). The summed E-state index contributed by atoms with van der Waals surface area (Å²) in [5, 5.41) is 5.88. The van der Waals surface area contributed by atoms with Gasteiger partial charge >= 0.3 is 0 Å². The molecule has 5 heteroatoms. The summed E-state index contributed by atoms with van der Waals surface area (Å²) in [7, 11) is 0. The lowest BCUT2D eigenvalue weighted by Gasteiger charge is -2.15. The maximum atomic E-state index is 13.7. The topological polar surface area (TPSA) is 49.8 Å². The van der Waals surface area contributed by atoms with Gasteiger partial charge in [-0.15, -0.1) is 0 Å². The summed E-state index contributed by atoms with van der Waals surface area (Å²) in [5.74, 6) is -0.341. The maximum Gasteiger partial charge on any atom is 0.267 e. The van der Waals surface area contributed by atoms with Crippen LogP contribution in [0.25, 0.3) is 5.69 Å². The summed E-state index contributed by atoms with van der Waals surface area (Å²) in [6.45, 7) is 1.37. The van der Waals surface area contributed by atoms with Crippen LogP contribution in [0.5, 0.6) is 0 Å². The number of aromatic amines is 1. The summed E-state index contributed by atoms with van der Waals surface area (Å²) >= 11 is 0. The molecule has 88 valence electrons. The second-order valence-corrected chi connectivity index (χ2v) is 4.08. The molecule has 0 radical (unpaired) electrons. The first-order valence-corrected chi connectivity index (χ1v) is 5.56. The molecule has 0 saturated heterocycles. The molecule has 2 aromatic rings. The highest BCUT2D eigenvalue weighted by atomic mass is 19.1. The van der Waals surface area contributed by atoms with Gasteiger partial charge in [0.25, 0.3) is 5.56 Å². The Labute approximate surface area is 97.1 Å². The van der Waals surface area contributed by atoms with Crippen molar-refractivity contribution in [3.8, 4) is 5.69 Å². The Hall–Kier alpha value is -1.88. The highest BCUT2D eigenvalue weighted by Gasteiger charge is 2.19. The summed E-state index contributed by atoms with van der Waals surface area (Å²) in [6.07, 6.45) is 0.687. The number of nitrogens with one attached hydrogen (secondary N) is 2. The lowest BCUT2D eigenvalue weighted by Crippen LogP contribution is -2.26. The van der Waals surface area contributed by atoms with Crippen molar-refractivity contribution < 1.29 is 4.39 Å². The molecular formula is C12H12FN3O. The van der Waals surface area contributed by atoms with E-state index in [0.29, 0.717) is 18.7 Å². The first kappa shape index (κ1) is 10.3. The summed E-state index contributed by atoms with van der Waals surface area (Å²) in [5.41, 5.74) is 1.85. The molecule has 0 amide bonds. The molecule has 1 aliphatic heterocycles. The van der Waals surface area contributed by atoms with Gasteiger partial charge in [-0.25, -0.2) is 4.39 Å². The fourth-order valence-corrected chi connectivity index (χ4v) is 2.20. The zero-order chi connectivity index (χ0) is 11.8. The number of fused-ring (bicyclic) bond motifs is 1. The first-order chi connectivity index (χ1) is 8.27. The molecule has 0 fully saturated rings. The smallest absolute Gasteiger partial charge is 0.267 e. The van der Waals surface area contributed by atoms with E-state index in [1.165, 1.54) is 6.07 Å². The van der Waals surface area contributed by atoms with Gasteiger partial charge < -0.3 is 5.32 Å². The quantitative estimate of drug-likeness (QED) is 0.770. The number of H-pyrrole nitrogens is 1. The molecule has 1 aliphatic rings. The molecule has 3 rings (SSSR count). The van der Waals surface area contributed by atoms with Crippen molar-refractivity contribution in [1.82, 2.24) is 15.1 Å². The highest BCUT2D eigenvalue weighted by Crippen LogP contribution is 2.17. The van der Waals surface area contributed by atoms with Crippen molar-refractivity contribution >= 4 is 0 Å². The van der Waals surface area contributed by atoms with Gasteiger partial charge in [-0.3, -0.25) is 14.6 Å². The number of halogens is 1. The van der Waals surface area contributed by atoms with Crippen LogP contribution < -0.4 is 10.9 Å². The molecule has 0 aliphatic carbocycles. The minimum absolute atomic E-state index is 0.121. The van der Waals surface area contributed by atoms with E-state index in [9.17, 15) is 9.18 Å². The molecule has 17 heavy (non-hydrogen) atoms. The number of nitrogens with zero attached hydrogens (tertiary/aromatic N) is 1.